The van der Waals surface area contributed by atoms with Crippen molar-refractivity contribution in [1.82, 2.24) is 0 Å². The fourth-order valence-corrected chi connectivity index (χ4v) is 9.32. The van der Waals surface area contributed by atoms with Crippen LogP contribution in [0, 0.1) is 45.8 Å². The maximum Gasteiger partial charge on any atom is 0.304 e. The van der Waals surface area contributed by atoms with Gasteiger partial charge in [-0.1, -0.05) is 40.5 Å². The van der Waals surface area contributed by atoms with E-state index in [1.807, 2.05) is 0 Å². The molecule has 1 amide bonds. The van der Waals surface area contributed by atoms with Crippen LogP contribution in [-0.2, 0) is 9.59 Å². The number of amides is 1. The van der Waals surface area contributed by atoms with Gasteiger partial charge in [0.05, 0.1) is 6.42 Å². The van der Waals surface area contributed by atoms with Crippen molar-refractivity contribution in [1.29, 1.82) is 0 Å². The molecule has 0 bridgehead atoms. The van der Waals surface area contributed by atoms with Crippen LogP contribution in [0.3, 0.4) is 0 Å². The highest BCUT2D eigenvalue weighted by Crippen LogP contribution is 2.68. The van der Waals surface area contributed by atoms with Gasteiger partial charge in [0.1, 0.15) is 0 Å². The van der Waals surface area contributed by atoms with E-state index in [0.29, 0.717) is 10.8 Å². The average molecular weight is 494 g/mol. The molecule has 4 saturated carbocycles. The van der Waals surface area contributed by atoms with Crippen molar-refractivity contribution in [3.63, 3.8) is 0 Å². The molecule has 196 valence electrons. The van der Waals surface area contributed by atoms with Gasteiger partial charge in [0.25, 0.3) is 0 Å². The van der Waals surface area contributed by atoms with E-state index < -0.39 is 5.97 Å². The van der Waals surface area contributed by atoms with Gasteiger partial charge >= 0.3 is 5.97 Å². The lowest BCUT2D eigenvalue weighted by Crippen LogP contribution is -2.52. The minimum Gasteiger partial charge on any atom is -0.481 e. The van der Waals surface area contributed by atoms with Gasteiger partial charge in [-0.3, -0.25) is 9.59 Å². The maximum atomic E-state index is 11.2. The predicted molar refractivity (Wildman–Crippen MR) is 143 cm³/mol. The molecule has 4 rings (SSSR count). The van der Waals surface area contributed by atoms with Gasteiger partial charge < -0.3 is 10.8 Å². The first kappa shape index (κ1) is 27.9. The van der Waals surface area contributed by atoms with Crippen molar-refractivity contribution in [2.75, 3.05) is 0 Å². The molecular weight excluding hydrogens is 442 g/mol. The lowest BCUT2D eigenvalue weighted by Gasteiger charge is -2.60. The summed E-state index contributed by atoms with van der Waals surface area (Å²) >= 11 is 4.67. The van der Waals surface area contributed by atoms with Gasteiger partial charge in [0, 0.05) is 12.2 Å². The first-order valence-electron chi connectivity index (χ1n) is 14.0. The fraction of sp³-hybridized carbons (Fsp3) is 0.931. The van der Waals surface area contributed by atoms with E-state index in [-0.39, 0.29) is 23.0 Å². The average Bonchev–Trinajstić information content (AvgIpc) is 3.07. The summed E-state index contributed by atoms with van der Waals surface area (Å²) < 4.78 is 0. The number of carbonyl (C=O) groups is 2. The van der Waals surface area contributed by atoms with E-state index in [4.69, 9.17) is 0 Å². The third-order valence-electron chi connectivity index (χ3n) is 11.2. The second-order valence-electron chi connectivity index (χ2n) is 13.5. The number of hydrogen-bond donors (Lipinski definition) is 3. The van der Waals surface area contributed by atoms with Crippen LogP contribution in [0.4, 0.5) is 0 Å². The zero-order chi connectivity index (χ0) is 25.3. The van der Waals surface area contributed by atoms with E-state index in [9.17, 15) is 14.7 Å². The molecule has 0 aliphatic heterocycles. The monoisotopic (exact) mass is 493 g/mol. The number of thiol groups is 1. The molecule has 4 aliphatic carbocycles. The lowest BCUT2D eigenvalue weighted by atomic mass is 9.45. The number of carboxylic acids is 1. The molecule has 4 fully saturated rings. The molecule has 3 N–H and O–H groups in total. The smallest absolute Gasteiger partial charge is 0.304 e. The lowest BCUT2D eigenvalue weighted by molar-refractivity contribution is -0.137. The number of fused-ring (bicyclic) bond motifs is 5. The van der Waals surface area contributed by atoms with Crippen molar-refractivity contribution in [2.24, 2.45) is 51.6 Å². The maximum absolute atomic E-state index is 11.2. The second kappa shape index (κ2) is 10.7. The number of carboxylic acid groups (broad SMARTS) is 1. The molecule has 4 aliphatic rings. The van der Waals surface area contributed by atoms with Gasteiger partial charge in [-0.15, -0.1) is 0 Å². The van der Waals surface area contributed by atoms with Crippen LogP contribution < -0.4 is 5.73 Å². The fourth-order valence-electron chi connectivity index (χ4n) is 9.03. The summed E-state index contributed by atoms with van der Waals surface area (Å²) in [7, 11) is 0. The van der Waals surface area contributed by atoms with Crippen molar-refractivity contribution in [3.05, 3.63) is 0 Å². The predicted octanol–water partition coefficient (Wildman–Crippen LogP) is 7.11. The summed E-state index contributed by atoms with van der Waals surface area (Å²) in [6.45, 7) is 11.1. The quantitative estimate of drug-likeness (QED) is 0.345. The largest absolute Gasteiger partial charge is 0.481 e. The number of aliphatic carboxylic acids is 1. The number of rotatable bonds is 6. The Kier molecular flexibility index (Phi) is 8.79. The van der Waals surface area contributed by atoms with Gasteiger partial charge in [0.15, 0.2) is 0 Å². The minimum absolute atomic E-state index is 0.0131. The summed E-state index contributed by atoms with van der Waals surface area (Å²) in [5.74, 6) is 3.69. The Labute approximate surface area is 214 Å². The summed E-state index contributed by atoms with van der Waals surface area (Å²) in [5.41, 5.74) is 5.62. The standard InChI is InChI=1S/C27H46O2S.C2H5NO/c1-25(2,23(30)17-24(28)29)15-12-19-9-11-21-20-10-8-18-7-5-6-14-26(18,3)22(20)13-16-27(19,21)4;1-2(3)4/h18-23,30H,5-17H2,1-4H3,(H,28,29);1H3,(H2,3,4). The van der Waals surface area contributed by atoms with E-state index in [1.165, 1.54) is 77.6 Å². The Morgan fingerprint density at radius 2 is 1.65 bits per heavy atom. The highest BCUT2D eigenvalue weighted by molar-refractivity contribution is 7.81. The van der Waals surface area contributed by atoms with Crippen LogP contribution in [0.5, 0.6) is 0 Å². The number of carbonyl (C=O) groups excluding carboxylic acids is 1. The molecule has 0 saturated heterocycles. The summed E-state index contributed by atoms with van der Waals surface area (Å²) in [6, 6.07) is 0. The summed E-state index contributed by atoms with van der Waals surface area (Å²) in [4.78, 5) is 20.4. The molecule has 0 aromatic rings. The summed E-state index contributed by atoms with van der Waals surface area (Å²) in [5, 5.41) is 9.13. The van der Waals surface area contributed by atoms with Crippen molar-refractivity contribution in [3.8, 4) is 0 Å². The highest BCUT2D eigenvalue weighted by atomic mass is 32.1. The molecule has 4 nitrogen and oxygen atoms in total. The highest BCUT2D eigenvalue weighted by Gasteiger charge is 2.59. The van der Waals surface area contributed by atoms with Crippen LogP contribution in [0.1, 0.15) is 118 Å². The number of nitrogens with two attached hydrogens (primary N) is 1. The number of hydrogen-bond acceptors (Lipinski definition) is 3. The Bertz CT molecular complexity index is 735. The van der Waals surface area contributed by atoms with Gasteiger partial charge in [-0.2, -0.15) is 12.6 Å². The van der Waals surface area contributed by atoms with Crippen LogP contribution >= 0.6 is 12.6 Å². The Morgan fingerprint density at radius 1 is 1.00 bits per heavy atom. The Morgan fingerprint density at radius 3 is 2.29 bits per heavy atom. The molecule has 0 aromatic heterocycles. The minimum atomic E-state index is -0.721. The van der Waals surface area contributed by atoms with Gasteiger partial charge in [-0.05, 0) is 110 Å². The molecular formula is C29H51NO3S. The van der Waals surface area contributed by atoms with Crippen LogP contribution in [-0.4, -0.2) is 22.2 Å². The van der Waals surface area contributed by atoms with E-state index in [0.717, 1.165) is 36.0 Å². The molecule has 5 heteroatoms. The van der Waals surface area contributed by atoms with Gasteiger partial charge in [0.2, 0.25) is 5.91 Å². The normalized spacial score (nSPS) is 40.1. The SMILES string of the molecule is CC(C)(CCC1CCC2C3CCC4CCCCC4(C)C3CCC12C)C(S)CC(=O)O.CC(N)=O. The number of primary amides is 1. The third kappa shape index (κ3) is 5.65. The molecule has 8 unspecified atom stereocenters. The molecule has 34 heavy (non-hydrogen) atoms. The molecule has 0 radical (unpaired) electrons. The van der Waals surface area contributed by atoms with Crippen LogP contribution in [0.2, 0.25) is 0 Å². The van der Waals surface area contributed by atoms with E-state index in [1.54, 1.807) is 0 Å². The zero-order valence-electron chi connectivity index (χ0n) is 22.4. The molecule has 0 heterocycles. The van der Waals surface area contributed by atoms with E-state index in [2.05, 4.69) is 46.1 Å². The van der Waals surface area contributed by atoms with Crippen molar-refractivity contribution < 1.29 is 14.7 Å². The molecule has 8 atom stereocenters. The van der Waals surface area contributed by atoms with Gasteiger partial charge in [-0.25, -0.2) is 0 Å². The van der Waals surface area contributed by atoms with Crippen LogP contribution in [0.15, 0.2) is 0 Å². The van der Waals surface area contributed by atoms with E-state index >= 15 is 0 Å². The third-order valence-corrected chi connectivity index (χ3v) is 12.1. The topological polar surface area (TPSA) is 80.4 Å². The second-order valence-corrected chi connectivity index (χ2v) is 14.1. The summed E-state index contributed by atoms with van der Waals surface area (Å²) in [6.07, 6.45) is 17.2. The zero-order valence-corrected chi connectivity index (χ0v) is 23.3. The van der Waals surface area contributed by atoms with Crippen molar-refractivity contribution in [2.45, 2.75) is 123 Å². The molecule has 0 aromatic carbocycles. The first-order valence-corrected chi connectivity index (χ1v) is 14.5. The molecule has 0 spiro atoms. The van der Waals surface area contributed by atoms with Crippen molar-refractivity contribution >= 4 is 24.5 Å². The first-order chi connectivity index (χ1) is 15.8. The van der Waals surface area contributed by atoms with Crippen LogP contribution in [0.25, 0.3) is 0 Å². The Hall–Kier alpha value is -0.710. The Balaban J connectivity index is 0.000000751.